The summed E-state index contributed by atoms with van der Waals surface area (Å²) < 4.78 is 0. The lowest BCUT2D eigenvalue weighted by Crippen LogP contribution is -2.31. The summed E-state index contributed by atoms with van der Waals surface area (Å²) in [6.07, 6.45) is 0. The maximum absolute atomic E-state index is 13.4. The van der Waals surface area contributed by atoms with Crippen LogP contribution in [0.4, 0.5) is 11.4 Å². The Morgan fingerprint density at radius 1 is 1.06 bits per heavy atom. The highest BCUT2D eigenvalue weighted by Crippen LogP contribution is 2.42. The predicted octanol–water partition coefficient (Wildman–Crippen LogP) is 5.69. The van der Waals surface area contributed by atoms with Crippen LogP contribution in [0.3, 0.4) is 0 Å². The van der Waals surface area contributed by atoms with Crippen molar-refractivity contribution in [2.75, 3.05) is 22.9 Å². The van der Waals surface area contributed by atoms with Crippen molar-refractivity contribution in [3.8, 4) is 0 Å². The number of hydrogen-bond acceptors (Lipinski definition) is 5. The van der Waals surface area contributed by atoms with Gasteiger partial charge in [0, 0.05) is 24.5 Å². The highest BCUT2D eigenvalue weighted by molar-refractivity contribution is 7.12. The maximum atomic E-state index is 13.4. The molecule has 0 aliphatic carbocycles. The summed E-state index contributed by atoms with van der Waals surface area (Å²) in [5.74, 6) is -1.37. The molecular weight excluding hydrogens is 420 g/mol. The average molecular weight is 447 g/mol. The van der Waals surface area contributed by atoms with E-state index in [0.717, 1.165) is 29.9 Å². The van der Waals surface area contributed by atoms with Gasteiger partial charge in [0.15, 0.2) is 5.76 Å². The van der Waals surface area contributed by atoms with Crippen LogP contribution < -0.4 is 9.80 Å². The molecular formula is C26H26N2O3S. The fourth-order valence-corrected chi connectivity index (χ4v) is 4.87. The van der Waals surface area contributed by atoms with Crippen LogP contribution in [0.2, 0.25) is 0 Å². The molecule has 164 valence electrons. The largest absolute Gasteiger partial charge is 0.503 e. The molecule has 1 atom stereocenters. The van der Waals surface area contributed by atoms with E-state index in [-0.39, 0.29) is 11.4 Å². The molecule has 0 saturated carbocycles. The van der Waals surface area contributed by atoms with Crippen LogP contribution in [0.1, 0.15) is 40.7 Å². The molecule has 1 N–H and O–H groups in total. The zero-order chi connectivity index (χ0) is 22.8. The van der Waals surface area contributed by atoms with Crippen molar-refractivity contribution in [1.82, 2.24) is 0 Å². The van der Waals surface area contributed by atoms with Gasteiger partial charge in [-0.3, -0.25) is 14.5 Å². The minimum atomic E-state index is -0.704. The minimum absolute atomic E-state index is 0.120. The standard InChI is InChI=1S/C26H26N2O3S/c1-4-27(5-2)19-13-11-18(12-14-19)23-22(24(29)21-10-7-15-32-21)25(30)26(31)28(23)20-9-6-8-17(3)16-20/h6-16,23,30H,4-5H2,1-3H3. The van der Waals surface area contributed by atoms with Gasteiger partial charge < -0.3 is 10.0 Å². The molecule has 0 spiro atoms. The van der Waals surface area contributed by atoms with Crippen molar-refractivity contribution in [2.24, 2.45) is 0 Å². The molecule has 2 aromatic carbocycles. The van der Waals surface area contributed by atoms with Gasteiger partial charge in [0.25, 0.3) is 5.91 Å². The van der Waals surface area contributed by atoms with Crippen LogP contribution in [-0.4, -0.2) is 29.9 Å². The number of anilines is 2. The first-order valence-electron chi connectivity index (χ1n) is 10.7. The van der Waals surface area contributed by atoms with Crippen molar-refractivity contribution in [3.05, 3.63) is 93.4 Å². The Hall–Kier alpha value is -3.38. The van der Waals surface area contributed by atoms with Crippen LogP contribution in [-0.2, 0) is 4.79 Å². The fourth-order valence-electron chi connectivity index (χ4n) is 4.19. The van der Waals surface area contributed by atoms with Gasteiger partial charge in [-0.25, -0.2) is 0 Å². The lowest BCUT2D eigenvalue weighted by molar-refractivity contribution is -0.117. The number of amides is 1. The number of ketones is 1. The summed E-state index contributed by atoms with van der Waals surface area (Å²) in [7, 11) is 0. The molecule has 0 saturated heterocycles. The van der Waals surface area contributed by atoms with Crippen molar-refractivity contribution >= 4 is 34.4 Å². The predicted molar refractivity (Wildman–Crippen MR) is 130 cm³/mol. The summed E-state index contributed by atoms with van der Waals surface area (Å²) in [5, 5.41) is 12.7. The second-order valence-corrected chi connectivity index (χ2v) is 8.70. The Morgan fingerprint density at radius 3 is 2.38 bits per heavy atom. The van der Waals surface area contributed by atoms with Crippen LogP contribution in [0.15, 0.2) is 77.4 Å². The van der Waals surface area contributed by atoms with Gasteiger partial charge in [0.2, 0.25) is 5.78 Å². The fraction of sp³-hybridized carbons (Fsp3) is 0.231. The van der Waals surface area contributed by atoms with Gasteiger partial charge in [-0.05, 0) is 67.6 Å². The molecule has 1 amide bonds. The zero-order valence-electron chi connectivity index (χ0n) is 18.4. The lowest BCUT2D eigenvalue weighted by atomic mass is 9.94. The van der Waals surface area contributed by atoms with Gasteiger partial charge in [-0.1, -0.05) is 30.3 Å². The molecule has 32 heavy (non-hydrogen) atoms. The van der Waals surface area contributed by atoms with Gasteiger partial charge in [0.05, 0.1) is 16.5 Å². The van der Waals surface area contributed by atoms with Crippen LogP contribution in [0.25, 0.3) is 0 Å². The van der Waals surface area contributed by atoms with Crippen molar-refractivity contribution in [2.45, 2.75) is 26.8 Å². The van der Waals surface area contributed by atoms with E-state index in [0.29, 0.717) is 10.6 Å². The van der Waals surface area contributed by atoms with Crippen LogP contribution in [0, 0.1) is 6.92 Å². The summed E-state index contributed by atoms with van der Waals surface area (Å²) >= 11 is 1.30. The van der Waals surface area contributed by atoms with Crippen LogP contribution >= 0.6 is 11.3 Å². The smallest absolute Gasteiger partial charge is 0.294 e. The van der Waals surface area contributed by atoms with Gasteiger partial charge in [-0.2, -0.15) is 0 Å². The summed E-state index contributed by atoms with van der Waals surface area (Å²) in [4.78, 5) is 30.8. The number of nitrogens with zero attached hydrogens (tertiary/aromatic N) is 2. The second-order valence-electron chi connectivity index (χ2n) is 7.75. The number of aliphatic hydroxyl groups is 1. The monoisotopic (exact) mass is 446 g/mol. The lowest BCUT2D eigenvalue weighted by Gasteiger charge is -2.28. The number of Topliss-reactive ketones (excluding diaryl/α,β-unsaturated/α-hetero) is 1. The minimum Gasteiger partial charge on any atom is -0.503 e. The molecule has 1 unspecified atom stereocenters. The normalized spacial score (nSPS) is 16.0. The Bertz CT molecular complexity index is 1160. The van der Waals surface area contributed by atoms with Gasteiger partial charge in [-0.15, -0.1) is 11.3 Å². The summed E-state index contributed by atoms with van der Waals surface area (Å²) in [5.41, 5.74) is 3.61. The van der Waals surface area contributed by atoms with E-state index in [9.17, 15) is 14.7 Å². The quantitative estimate of drug-likeness (QED) is 0.474. The highest BCUT2D eigenvalue weighted by Gasteiger charge is 2.44. The Kier molecular flexibility index (Phi) is 6.15. The van der Waals surface area contributed by atoms with Crippen LogP contribution in [0.5, 0.6) is 0 Å². The van der Waals surface area contributed by atoms with Gasteiger partial charge >= 0.3 is 0 Å². The average Bonchev–Trinajstić information content (AvgIpc) is 3.42. The number of aryl methyl sites for hydroxylation is 1. The third-order valence-corrected chi connectivity index (χ3v) is 6.68. The first-order chi connectivity index (χ1) is 15.5. The Balaban J connectivity index is 1.84. The zero-order valence-corrected chi connectivity index (χ0v) is 19.2. The molecule has 0 bridgehead atoms. The third kappa shape index (κ3) is 3.82. The van der Waals surface area contributed by atoms with E-state index in [1.807, 2.05) is 60.8 Å². The molecule has 5 nitrogen and oxygen atoms in total. The number of carbonyl (C=O) groups is 2. The van der Waals surface area contributed by atoms with E-state index in [4.69, 9.17) is 0 Å². The third-order valence-electron chi connectivity index (χ3n) is 5.81. The Morgan fingerprint density at radius 2 is 1.78 bits per heavy atom. The second kappa shape index (κ2) is 9.01. The van der Waals surface area contributed by atoms with E-state index < -0.39 is 17.7 Å². The summed E-state index contributed by atoms with van der Waals surface area (Å²) in [6.45, 7) is 7.92. The molecule has 2 heterocycles. The molecule has 0 fully saturated rings. The molecule has 4 rings (SSSR count). The van der Waals surface area contributed by atoms with Crippen molar-refractivity contribution < 1.29 is 14.7 Å². The molecule has 3 aromatic rings. The number of carbonyl (C=O) groups excluding carboxylic acids is 2. The first kappa shape index (κ1) is 21.8. The van der Waals surface area contributed by atoms with Crippen molar-refractivity contribution in [3.63, 3.8) is 0 Å². The molecule has 1 aliphatic rings. The number of thiophene rings is 1. The topological polar surface area (TPSA) is 60.9 Å². The van der Waals surface area contributed by atoms with E-state index >= 15 is 0 Å². The molecule has 1 aliphatic heterocycles. The van der Waals surface area contributed by atoms with Crippen molar-refractivity contribution in [1.29, 1.82) is 0 Å². The highest BCUT2D eigenvalue weighted by atomic mass is 32.1. The SMILES string of the molecule is CCN(CC)c1ccc(C2C(C(=O)c3cccs3)=C(O)C(=O)N2c2cccc(C)c2)cc1. The summed E-state index contributed by atoms with van der Waals surface area (Å²) in [6, 6.07) is 18.2. The first-order valence-corrected chi connectivity index (χ1v) is 11.6. The molecule has 6 heteroatoms. The molecule has 1 aromatic heterocycles. The number of benzene rings is 2. The van der Waals surface area contributed by atoms with E-state index in [1.165, 1.54) is 16.2 Å². The maximum Gasteiger partial charge on any atom is 0.294 e. The molecule has 0 radical (unpaired) electrons. The van der Waals surface area contributed by atoms with Gasteiger partial charge in [0.1, 0.15) is 0 Å². The number of hydrogen-bond donors (Lipinski definition) is 1. The van der Waals surface area contributed by atoms with E-state index in [2.05, 4.69) is 18.7 Å². The number of aliphatic hydroxyl groups excluding tert-OH is 1. The van der Waals surface area contributed by atoms with E-state index in [1.54, 1.807) is 12.1 Å². The number of rotatable bonds is 7. The Labute approximate surface area is 192 Å².